The molecule has 3 heteroatoms. The summed E-state index contributed by atoms with van der Waals surface area (Å²) in [6, 6.07) is 8.71. The third kappa shape index (κ3) is 4.04. The van der Waals surface area contributed by atoms with Crippen LogP contribution < -0.4 is 5.32 Å². The molecule has 1 aliphatic carbocycles. The third-order valence-electron chi connectivity index (χ3n) is 4.36. The second-order valence-electron chi connectivity index (χ2n) is 5.64. The summed E-state index contributed by atoms with van der Waals surface area (Å²) >= 11 is 3.61. The van der Waals surface area contributed by atoms with Crippen molar-refractivity contribution in [3.8, 4) is 0 Å². The number of rotatable bonds is 5. The lowest BCUT2D eigenvalue weighted by molar-refractivity contribution is 0.131. The van der Waals surface area contributed by atoms with E-state index in [0.29, 0.717) is 24.5 Å². The van der Waals surface area contributed by atoms with Crippen LogP contribution in [0.15, 0.2) is 28.7 Å². The molecule has 1 aliphatic rings. The molecule has 0 amide bonds. The van der Waals surface area contributed by atoms with Crippen LogP contribution in [0.1, 0.15) is 44.2 Å². The van der Waals surface area contributed by atoms with E-state index in [-0.39, 0.29) is 0 Å². The first-order valence-corrected chi connectivity index (χ1v) is 8.10. The minimum atomic E-state index is 0.343. The van der Waals surface area contributed by atoms with Gasteiger partial charge in [-0.1, -0.05) is 47.0 Å². The zero-order valence-corrected chi connectivity index (χ0v) is 13.2. The van der Waals surface area contributed by atoms with Gasteiger partial charge in [0, 0.05) is 17.1 Å². The molecular formula is C16H24BrNO. The summed E-state index contributed by atoms with van der Waals surface area (Å²) in [6.45, 7) is 3.56. The van der Waals surface area contributed by atoms with E-state index in [1.807, 2.05) is 6.07 Å². The smallest absolute Gasteiger partial charge is 0.0462 e. The highest BCUT2D eigenvalue weighted by atomic mass is 79.9. The zero-order chi connectivity index (χ0) is 13.7. The molecular weight excluding hydrogens is 302 g/mol. The van der Waals surface area contributed by atoms with Gasteiger partial charge < -0.3 is 10.4 Å². The van der Waals surface area contributed by atoms with Crippen molar-refractivity contribution in [1.82, 2.24) is 5.32 Å². The summed E-state index contributed by atoms with van der Waals surface area (Å²) < 4.78 is 1.16. The van der Waals surface area contributed by atoms with Crippen molar-refractivity contribution in [2.45, 2.75) is 38.6 Å². The largest absolute Gasteiger partial charge is 0.396 e. The van der Waals surface area contributed by atoms with Gasteiger partial charge in [-0.05, 0) is 49.8 Å². The minimum Gasteiger partial charge on any atom is -0.396 e. The van der Waals surface area contributed by atoms with E-state index in [4.69, 9.17) is 0 Å². The summed E-state index contributed by atoms with van der Waals surface area (Å²) in [7, 11) is 0. The molecule has 1 fully saturated rings. The van der Waals surface area contributed by atoms with E-state index < -0.39 is 0 Å². The van der Waals surface area contributed by atoms with Crippen molar-refractivity contribution in [2.75, 3.05) is 13.2 Å². The second-order valence-corrected chi connectivity index (χ2v) is 6.49. The monoisotopic (exact) mass is 325 g/mol. The van der Waals surface area contributed by atoms with E-state index >= 15 is 0 Å². The first-order valence-electron chi connectivity index (χ1n) is 7.31. The Morgan fingerprint density at radius 2 is 1.95 bits per heavy atom. The highest BCUT2D eigenvalue weighted by Crippen LogP contribution is 2.30. The normalized spacial score (nSPS) is 25.2. The molecule has 0 radical (unpaired) electrons. The Bertz CT molecular complexity index is 396. The van der Waals surface area contributed by atoms with Crippen molar-refractivity contribution in [3.63, 3.8) is 0 Å². The molecule has 0 saturated heterocycles. The fraction of sp³-hybridized carbons (Fsp3) is 0.625. The molecule has 0 bridgehead atoms. The van der Waals surface area contributed by atoms with Gasteiger partial charge in [-0.25, -0.2) is 0 Å². The number of aliphatic hydroxyl groups excluding tert-OH is 1. The van der Waals surface area contributed by atoms with E-state index in [0.717, 1.165) is 11.0 Å². The number of halogens is 1. The predicted molar refractivity (Wildman–Crippen MR) is 83.1 cm³/mol. The molecule has 2 nitrogen and oxygen atoms in total. The van der Waals surface area contributed by atoms with Crippen LogP contribution >= 0.6 is 15.9 Å². The first kappa shape index (κ1) is 15.0. The predicted octanol–water partition coefficient (Wildman–Crippen LogP) is 3.90. The van der Waals surface area contributed by atoms with Crippen molar-refractivity contribution < 1.29 is 5.11 Å². The molecule has 0 spiro atoms. The SMILES string of the molecule is CC(NCC1CCCCC1CO)c1ccccc1Br. The van der Waals surface area contributed by atoms with Gasteiger partial charge in [0.1, 0.15) is 0 Å². The van der Waals surface area contributed by atoms with Crippen LogP contribution in [0, 0.1) is 11.8 Å². The second kappa shape index (κ2) is 7.41. The van der Waals surface area contributed by atoms with Crippen LogP contribution in [0.5, 0.6) is 0 Å². The lowest BCUT2D eigenvalue weighted by Crippen LogP contribution is -2.33. The van der Waals surface area contributed by atoms with Crippen LogP contribution in [-0.4, -0.2) is 18.3 Å². The van der Waals surface area contributed by atoms with Gasteiger partial charge in [0.25, 0.3) is 0 Å². The Morgan fingerprint density at radius 1 is 1.26 bits per heavy atom. The lowest BCUT2D eigenvalue weighted by atomic mass is 9.79. The average molecular weight is 326 g/mol. The highest BCUT2D eigenvalue weighted by molar-refractivity contribution is 9.10. The van der Waals surface area contributed by atoms with Gasteiger partial charge in [-0.15, -0.1) is 0 Å². The Balaban J connectivity index is 1.89. The summed E-state index contributed by atoms with van der Waals surface area (Å²) in [6.07, 6.45) is 5.03. The maximum atomic E-state index is 9.45. The van der Waals surface area contributed by atoms with Crippen LogP contribution in [0.3, 0.4) is 0 Å². The molecule has 1 aromatic rings. The Hall–Kier alpha value is -0.380. The minimum absolute atomic E-state index is 0.343. The number of hydrogen-bond acceptors (Lipinski definition) is 2. The fourth-order valence-corrected chi connectivity index (χ4v) is 3.69. The number of hydrogen-bond donors (Lipinski definition) is 2. The molecule has 0 heterocycles. The zero-order valence-electron chi connectivity index (χ0n) is 11.6. The van der Waals surface area contributed by atoms with Gasteiger partial charge in [0.05, 0.1) is 0 Å². The molecule has 106 valence electrons. The van der Waals surface area contributed by atoms with Gasteiger partial charge >= 0.3 is 0 Å². The number of benzene rings is 1. The Kier molecular flexibility index (Phi) is 5.86. The van der Waals surface area contributed by atoms with E-state index in [1.165, 1.54) is 31.2 Å². The highest BCUT2D eigenvalue weighted by Gasteiger charge is 2.24. The van der Waals surface area contributed by atoms with Gasteiger partial charge in [-0.2, -0.15) is 0 Å². The van der Waals surface area contributed by atoms with E-state index in [2.05, 4.69) is 46.4 Å². The Morgan fingerprint density at radius 3 is 2.63 bits per heavy atom. The summed E-state index contributed by atoms with van der Waals surface area (Å²) in [5, 5.41) is 13.1. The topological polar surface area (TPSA) is 32.3 Å². The van der Waals surface area contributed by atoms with E-state index in [9.17, 15) is 5.11 Å². The molecule has 2 N–H and O–H groups in total. The van der Waals surface area contributed by atoms with Gasteiger partial charge in [-0.3, -0.25) is 0 Å². The summed E-state index contributed by atoms with van der Waals surface area (Å²) in [5.41, 5.74) is 1.30. The standard InChI is InChI=1S/C16H24BrNO/c1-12(15-8-4-5-9-16(15)17)18-10-13-6-2-3-7-14(13)11-19/h4-5,8-9,12-14,18-19H,2-3,6-7,10-11H2,1H3. The third-order valence-corrected chi connectivity index (χ3v) is 5.08. The summed E-state index contributed by atoms with van der Waals surface area (Å²) in [4.78, 5) is 0. The molecule has 1 aromatic carbocycles. The maximum Gasteiger partial charge on any atom is 0.0462 e. The van der Waals surface area contributed by atoms with Crippen LogP contribution in [-0.2, 0) is 0 Å². The van der Waals surface area contributed by atoms with Gasteiger partial charge in [0.15, 0.2) is 0 Å². The molecule has 2 rings (SSSR count). The van der Waals surface area contributed by atoms with Crippen LogP contribution in [0.4, 0.5) is 0 Å². The first-order chi connectivity index (χ1) is 9.22. The fourth-order valence-electron chi connectivity index (χ4n) is 3.06. The molecule has 3 atom stereocenters. The molecule has 1 saturated carbocycles. The molecule has 19 heavy (non-hydrogen) atoms. The van der Waals surface area contributed by atoms with Gasteiger partial charge in [0.2, 0.25) is 0 Å². The maximum absolute atomic E-state index is 9.45. The number of nitrogens with one attached hydrogen (secondary N) is 1. The van der Waals surface area contributed by atoms with Crippen molar-refractivity contribution in [3.05, 3.63) is 34.3 Å². The van der Waals surface area contributed by atoms with Crippen molar-refractivity contribution in [2.24, 2.45) is 11.8 Å². The van der Waals surface area contributed by atoms with Crippen LogP contribution in [0.25, 0.3) is 0 Å². The van der Waals surface area contributed by atoms with Crippen LogP contribution in [0.2, 0.25) is 0 Å². The number of aliphatic hydroxyl groups is 1. The van der Waals surface area contributed by atoms with Crippen molar-refractivity contribution >= 4 is 15.9 Å². The van der Waals surface area contributed by atoms with Crippen molar-refractivity contribution in [1.29, 1.82) is 0 Å². The average Bonchev–Trinajstić information content (AvgIpc) is 2.45. The summed E-state index contributed by atoms with van der Waals surface area (Å²) in [5.74, 6) is 1.12. The molecule has 3 unspecified atom stereocenters. The lowest BCUT2D eigenvalue weighted by Gasteiger charge is -2.31. The quantitative estimate of drug-likeness (QED) is 0.860. The van der Waals surface area contributed by atoms with E-state index in [1.54, 1.807) is 0 Å². The Labute approximate surface area is 124 Å². The molecule has 0 aromatic heterocycles. The molecule has 0 aliphatic heterocycles.